The second-order valence-corrected chi connectivity index (χ2v) is 10.5. The molecular formula is C29H37N5O2. The number of para-hydroxylation sites is 1. The lowest BCUT2D eigenvalue weighted by atomic mass is 10.0. The van der Waals surface area contributed by atoms with Crippen molar-refractivity contribution in [2.45, 2.75) is 52.6 Å². The van der Waals surface area contributed by atoms with Crippen LogP contribution in [0.15, 0.2) is 53.3 Å². The molecule has 3 heterocycles. The van der Waals surface area contributed by atoms with Gasteiger partial charge in [-0.05, 0) is 55.1 Å². The number of rotatable bonds is 8. The normalized spacial score (nSPS) is 18.4. The minimum absolute atomic E-state index is 0.0455. The van der Waals surface area contributed by atoms with Crippen molar-refractivity contribution in [3.8, 4) is 0 Å². The Labute approximate surface area is 213 Å². The Morgan fingerprint density at radius 2 is 1.69 bits per heavy atom. The molecule has 2 aromatic carbocycles. The number of nitrogens with zero attached hydrogens (tertiary/aromatic N) is 5. The first-order valence-electron chi connectivity index (χ1n) is 13.3. The van der Waals surface area contributed by atoms with Gasteiger partial charge in [0.15, 0.2) is 0 Å². The highest BCUT2D eigenvalue weighted by atomic mass is 16.2. The molecule has 3 aromatic rings. The van der Waals surface area contributed by atoms with Gasteiger partial charge in [0.25, 0.3) is 11.5 Å². The summed E-state index contributed by atoms with van der Waals surface area (Å²) in [6, 6.07) is 15.4. The number of aromatic nitrogens is 2. The van der Waals surface area contributed by atoms with Crippen LogP contribution in [0.25, 0.3) is 10.9 Å². The summed E-state index contributed by atoms with van der Waals surface area (Å²) in [5.41, 5.74) is 2.75. The predicted octanol–water partition coefficient (Wildman–Crippen LogP) is 4.45. The zero-order chi connectivity index (χ0) is 25.2. The summed E-state index contributed by atoms with van der Waals surface area (Å²) in [7, 11) is 0. The van der Waals surface area contributed by atoms with Crippen LogP contribution in [-0.4, -0.2) is 53.1 Å². The molecular weight excluding hydrogens is 450 g/mol. The van der Waals surface area contributed by atoms with E-state index in [1.165, 1.54) is 25.1 Å². The third kappa shape index (κ3) is 4.76. The van der Waals surface area contributed by atoms with Crippen LogP contribution >= 0.6 is 0 Å². The van der Waals surface area contributed by atoms with Crippen molar-refractivity contribution in [1.29, 1.82) is 0 Å². The lowest BCUT2D eigenvalue weighted by Gasteiger charge is -2.36. The van der Waals surface area contributed by atoms with Crippen molar-refractivity contribution in [3.05, 3.63) is 64.4 Å². The van der Waals surface area contributed by atoms with E-state index in [1.54, 1.807) is 15.5 Å². The van der Waals surface area contributed by atoms with Gasteiger partial charge in [0.1, 0.15) is 6.04 Å². The average Bonchev–Trinajstić information content (AvgIpc) is 3.14. The standard InChI is InChI=1S/C29H37N5O2/c1-4-5-14-31-15-17-32(18-16-31)23-12-10-22(11-13-23)20-33-28(36)26(19-21(2)3)34-27(35)24-8-6-7-9-25(24)30-29(33)34/h6-13,21,26H,4-5,14-20H2,1-3H3. The summed E-state index contributed by atoms with van der Waals surface area (Å²) >= 11 is 0. The molecule has 36 heavy (non-hydrogen) atoms. The average molecular weight is 488 g/mol. The topological polar surface area (TPSA) is 61.7 Å². The van der Waals surface area contributed by atoms with Crippen molar-refractivity contribution < 1.29 is 4.79 Å². The molecule has 0 saturated carbocycles. The molecule has 7 nitrogen and oxygen atoms in total. The lowest BCUT2D eigenvalue weighted by Crippen LogP contribution is -2.46. The number of benzene rings is 2. The van der Waals surface area contributed by atoms with Crippen molar-refractivity contribution in [2.24, 2.45) is 5.92 Å². The maximum Gasteiger partial charge on any atom is 0.263 e. The van der Waals surface area contributed by atoms with Crippen molar-refractivity contribution >= 4 is 28.4 Å². The van der Waals surface area contributed by atoms with Crippen LogP contribution in [0.3, 0.4) is 0 Å². The second kappa shape index (κ2) is 10.4. The van der Waals surface area contributed by atoms with Crippen LogP contribution in [0, 0.1) is 5.92 Å². The van der Waals surface area contributed by atoms with Gasteiger partial charge in [0.05, 0.1) is 17.4 Å². The van der Waals surface area contributed by atoms with Gasteiger partial charge >= 0.3 is 0 Å². The highest BCUT2D eigenvalue weighted by Gasteiger charge is 2.40. The van der Waals surface area contributed by atoms with Gasteiger partial charge < -0.3 is 4.90 Å². The fourth-order valence-electron chi connectivity index (χ4n) is 5.40. The molecule has 5 rings (SSSR count). The van der Waals surface area contributed by atoms with E-state index in [4.69, 9.17) is 4.98 Å². The molecule has 1 fully saturated rings. The van der Waals surface area contributed by atoms with Gasteiger partial charge in [-0.15, -0.1) is 0 Å². The maximum absolute atomic E-state index is 13.6. The molecule has 0 N–H and O–H groups in total. The van der Waals surface area contributed by atoms with Gasteiger partial charge in [-0.25, -0.2) is 4.98 Å². The molecule has 0 radical (unpaired) electrons. The van der Waals surface area contributed by atoms with Gasteiger partial charge in [-0.3, -0.25) is 24.0 Å². The third-order valence-corrected chi connectivity index (χ3v) is 7.43. The number of hydrogen-bond donors (Lipinski definition) is 0. The molecule has 1 saturated heterocycles. The number of anilines is 2. The van der Waals surface area contributed by atoms with Crippen LogP contribution < -0.4 is 15.4 Å². The lowest BCUT2D eigenvalue weighted by molar-refractivity contribution is -0.120. The number of hydrogen-bond acceptors (Lipinski definition) is 5. The number of fused-ring (bicyclic) bond motifs is 2. The molecule has 1 aromatic heterocycles. The Morgan fingerprint density at radius 3 is 2.39 bits per heavy atom. The molecule has 1 atom stereocenters. The number of carbonyl (C=O) groups is 1. The molecule has 1 unspecified atom stereocenters. The van der Waals surface area contributed by atoms with Crippen LogP contribution in [-0.2, 0) is 11.3 Å². The largest absolute Gasteiger partial charge is 0.369 e. The first kappa shape index (κ1) is 24.5. The predicted molar refractivity (Wildman–Crippen MR) is 146 cm³/mol. The molecule has 2 aliphatic heterocycles. The van der Waals surface area contributed by atoms with Crippen molar-refractivity contribution in [3.63, 3.8) is 0 Å². The minimum Gasteiger partial charge on any atom is -0.369 e. The summed E-state index contributed by atoms with van der Waals surface area (Å²) in [5, 5.41) is 0.559. The first-order chi connectivity index (χ1) is 17.5. The van der Waals surface area contributed by atoms with E-state index in [1.807, 2.05) is 18.2 Å². The molecule has 0 aliphatic carbocycles. The number of amides is 1. The van der Waals surface area contributed by atoms with E-state index >= 15 is 0 Å². The Hall–Kier alpha value is -3.19. The highest BCUT2D eigenvalue weighted by Crippen LogP contribution is 2.33. The summed E-state index contributed by atoms with van der Waals surface area (Å²) in [6.45, 7) is 12.3. The summed E-state index contributed by atoms with van der Waals surface area (Å²) in [4.78, 5) is 38.4. The zero-order valence-electron chi connectivity index (χ0n) is 21.7. The Bertz CT molecular complexity index is 1280. The fraction of sp³-hybridized carbons (Fsp3) is 0.483. The molecule has 7 heteroatoms. The minimum atomic E-state index is -0.507. The van der Waals surface area contributed by atoms with E-state index < -0.39 is 6.04 Å². The smallest absolute Gasteiger partial charge is 0.263 e. The van der Waals surface area contributed by atoms with Crippen LogP contribution in [0.4, 0.5) is 11.6 Å². The molecule has 1 amide bonds. The summed E-state index contributed by atoms with van der Waals surface area (Å²) in [5.74, 6) is 0.698. The van der Waals surface area contributed by atoms with Crippen LogP contribution in [0.2, 0.25) is 0 Å². The SMILES string of the molecule is CCCCN1CCN(c2ccc(CN3C(=O)C(CC(C)C)n4c3nc3ccccc3c4=O)cc2)CC1. The first-order valence-corrected chi connectivity index (χ1v) is 13.3. The summed E-state index contributed by atoms with van der Waals surface area (Å²) in [6.07, 6.45) is 3.12. The van der Waals surface area contributed by atoms with Crippen LogP contribution in [0.5, 0.6) is 0 Å². The molecule has 0 bridgehead atoms. The number of piperazine rings is 1. The third-order valence-electron chi connectivity index (χ3n) is 7.43. The van der Waals surface area contributed by atoms with Gasteiger partial charge in [0, 0.05) is 31.9 Å². The van der Waals surface area contributed by atoms with E-state index in [0.717, 1.165) is 31.7 Å². The van der Waals surface area contributed by atoms with E-state index in [0.29, 0.717) is 29.8 Å². The van der Waals surface area contributed by atoms with Gasteiger partial charge in [-0.2, -0.15) is 0 Å². The van der Waals surface area contributed by atoms with E-state index in [2.05, 4.69) is 54.8 Å². The van der Waals surface area contributed by atoms with Crippen molar-refractivity contribution in [2.75, 3.05) is 42.5 Å². The molecule has 0 spiro atoms. The van der Waals surface area contributed by atoms with Crippen LogP contribution in [0.1, 0.15) is 51.6 Å². The van der Waals surface area contributed by atoms with Gasteiger partial charge in [0.2, 0.25) is 5.95 Å². The number of carbonyl (C=O) groups excluding carboxylic acids is 1. The van der Waals surface area contributed by atoms with E-state index in [9.17, 15) is 9.59 Å². The Morgan fingerprint density at radius 1 is 0.972 bits per heavy atom. The van der Waals surface area contributed by atoms with Crippen molar-refractivity contribution in [1.82, 2.24) is 14.5 Å². The Kier molecular flexibility index (Phi) is 7.10. The highest BCUT2D eigenvalue weighted by molar-refractivity contribution is 5.99. The maximum atomic E-state index is 13.6. The number of unbranched alkanes of at least 4 members (excludes halogenated alkanes) is 1. The van der Waals surface area contributed by atoms with Gasteiger partial charge in [-0.1, -0.05) is 51.5 Å². The Balaban J connectivity index is 1.36. The fourth-order valence-corrected chi connectivity index (χ4v) is 5.40. The second-order valence-electron chi connectivity index (χ2n) is 10.5. The quantitative estimate of drug-likeness (QED) is 0.470. The monoisotopic (exact) mass is 487 g/mol. The molecule has 190 valence electrons. The molecule has 2 aliphatic rings. The zero-order valence-corrected chi connectivity index (χ0v) is 21.7. The summed E-state index contributed by atoms with van der Waals surface area (Å²) < 4.78 is 1.62. The van der Waals surface area contributed by atoms with E-state index in [-0.39, 0.29) is 17.4 Å².